The number of rotatable bonds is 4. The zero-order valence-electron chi connectivity index (χ0n) is 14.3. The molecule has 0 heterocycles. The Morgan fingerprint density at radius 3 is 2.41 bits per heavy atom. The Morgan fingerprint density at radius 1 is 1.07 bits per heavy atom. The Balaban J connectivity index is 2.41. The van der Waals surface area contributed by atoms with Gasteiger partial charge in [0.05, 0.1) is 7.11 Å². The molecule has 0 bridgehead atoms. The van der Waals surface area contributed by atoms with Gasteiger partial charge in [-0.25, -0.2) is 4.39 Å². The van der Waals surface area contributed by atoms with Gasteiger partial charge in [0, 0.05) is 28.5 Å². The summed E-state index contributed by atoms with van der Waals surface area (Å²) in [5.74, 6) is -0.0107. The number of oxime groups is 1. The van der Waals surface area contributed by atoms with Crippen molar-refractivity contribution in [1.82, 2.24) is 4.84 Å². The molecule has 27 heavy (non-hydrogen) atoms. The van der Waals surface area contributed by atoms with Gasteiger partial charge in [-0.2, -0.15) is 0 Å². The first-order valence-electron chi connectivity index (χ1n) is 7.94. The predicted octanol–water partition coefficient (Wildman–Crippen LogP) is 4.75. The van der Waals surface area contributed by atoms with Crippen LogP contribution in [0.5, 0.6) is 11.5 Å². The summed E-state index contributed by atoms with van der Waals surface area (Å²) in [6.07, 6.45) is 0. The van der Waals surface area contributed by atoms with Gasteiger partial charge in [0.1, 0.15) is 17.3 Å². The van der Waals surface area contributed by atoms with Crippen LogP contribution in [0.2, 0.25) is 0 Å². The average molecular weight is 387 g/mol. The fourth-order valence-corrected chi connectivity index (χ4v) is 3.07. The lowest BCUT2D eigenvalue weighted by Gasteiger charge is -2.18. The third-order valence-corrected chi connectivity index (χ3v) is 4.28. The third kappa shape index (κ3) is 3.66. The van der Waals surface area contributed by atoms with E-state index < -0.39 is 5.82 Å². The molecule has 3 N–H and O–H groups in total. The first-order valence-corrected chi connectivity index (χ1v) is 8.32. The van der Waals surface area contributed by atoms with Crippen molar-refractivity contribution in [3.63, 3.8) is 0 Å². The lowest BCUT2D eigenvalue weighted by Crippen LogP contribution is -2.16. The lowest BCUT2D eigenvalue weighted by atomic mass is 9.89. The number of hydrogen-bond acceptors (Lipinski definition) is 4. The maximum Gasteiger partial charge on any atom is 0.187 e. The van der Waals surface area contributed by atoms with Crippen LogP contribution in [0.25, 0.3) is 22.3 Å². The van der Waals surface area contributed by atoms with E-state index >= 15 is 0 Å². The number of ether oxygens (including phenoxy) is 1. The maximum absolute atomic E-state index is 14.4. The molecule has 0 spiro atoms. The van der Waals surface area contributed by atoms with E-state index in [1.54, 1.807) is 18.2 Å². The van der Waals surface area contributed by atoms with E-state index in [9.17, 15) is 14.7 Å². The SMILES string of the molecule is COc1ccccc1-c1c(C(=NO)NCl)cc(F)cc1-c1ccc(O)cc1. The highest BCUT2D eigenvalue weighted by Crippen LogP contribution is 2.40. The van der Waals surface area contributed by atoms with Crippen molar-refractivity contribution in [2.75, 3.05) is 7.11 Å². The summed E-state index contributed by atoms with van der Waals surface area (Å²) in [4.78, 5) is 2.26. The monoisotopic (exact) mass is 386 g/mol. The van der Waals surface area contributed by atoms with Crippen molar-refractivity contribution in [2.24, 2.45) is 5.16 Å². The second kappa shape index (κ2) is 7.97. The van der Waals surface area contributed by atoms with Gasteiger partial charge in [-0.15, -0.1) is 0 Å². The molecular weight excluding hydrogens is 371 g/mol. The van der Waals surface area contributed by atoms with Crippen LogP contribution < -0.4 is 9.57 Å². The van der Waals surface area contributed by atoms with Crippen molar-refractivity contribution in [1.29, 1.82) is 0 Å². The molecule has 138 valence electrons. The molecule has 0 fully saturated rings. The van der Waals surface area contributed by atoms with Crippen LogP contribution in [0.1, 0.15) is 5.56 Å². The van der Waals surface area contributed by atoms with Gasteiger partial charge in [-0.05, 0) is 41.5 Å². The lowest BCUT2D eigenvalue weighted by molar-refractivity contribution is 0.318. The first kappa shape index (κ1) is 18.5. The smallest absolute Gasteiger partial charge is 0.187 e. The highest BCUT2D eigenvalue weighted by molar-refractivity contribution is 6.26. The summed E-state index contributed by atoms with van der Waals surface area (Å²) in [6, 6.07) is 16.1. The molecule has 3 aromatic rings. The summed E-state index contributed by atoms with van der Waals surface area (Å²) in [6.45, 7) is 0. The topological polar surface area (TPSA) is 74.1 Å². The Labute approximate surface area is 160 Å². The van der Waals surface area contributed by atoms with Crippen molar-refractivity contribution in [3.8, 4) is 33.8 Å². The van der Waals surface area contributed by atoms with Crippen molar-refractivity contribution in [2.45, 2.75) is 0 Å². The molecule has 0 radical (unpaired) electrons. The summed E-state index contributed by atoms with van der Waals surface area (Å²) >= 11 is 5.68. The molecule has 3 aromatic carbocycles. The first-order chi connectivity index (χ1) is 13.1. The van der Waals surface area contributed by atoms with Crippen molar-refractivity contribution < 1.29 is 19.4 Å². The summed E-state index contributed by atoms with van der Waals surface area (Å²) in [5.41, 5.74) is 2.63. The average Bonchev–Trinajstić information content (AvgIpc) is 2.69. The van der Waals surface area contributed by atoms with Crippen molar-refractivity contribution >= 4 is 17.6 Å². The quantitative estimate of drug-likeness (QED) is 0.199. The molecule has 0 unspecified atom stereocenters. The van der Waals surface area contributed by atoms with Crippen LogP contribution in [-0.4, -0.2) is 23.3 Å². The Hall–Kier alpha value is -3.25. The Bertz CT molecular complexity index is 991. The molecule has 0 aliphatic carbocycles. The second-order valence-electron chi connectivity index (χ2n) is 5.67. The zero-order chi connectivity index (χ0) is 19.4. The minimum atomic E-state index is -0.542. The molecule has 0 saturated carbocycles. The van der Waals surface area contributed by atoms with Crippen LogP contribution >= 0.6 is 11.8 Å². The van der Waals surface area contributed by atoms with E-state index in [-0.39, 0.29) is 17.1 Å². The van der Waals surface area contributed by atoms with Gasteiger partial charge in [0.2, 0.25) is 0 Å². The van der Waals surface area contributed by atoms with Gasteiger partial charge >= 0.3 is 0 Å². The predicted molar refractivity (Wildman–Crippen MR) is 103 cm³/mol. The fraction of sp³-hybridized carbons (Fsp3) is 0.0500. The molecule has 5 nitrogen and oxygen atoms in total. The Kier molecular flexibility index (Phi) is 5.47. The molecular formula is C20H16ClFN2O3. The highest BCUT2D eigenvalue weighted by atomic mass is 35.5. The minimum Gasteiger partial charge on any atom is -0.508 e. The number of hydrogen-bond donors (Lipinski definition) is 3. The largest absolute Gasteiger partial charge is 0.508 e. The number of benzene rings is 3. The second-order valence-corrected chi connectivity index (χ2v) is 5.86. The number of methoxy groups -OCH3 is 1. The number of phenols is 1. The molecule has 0 atom stereocenters. The third-order valence-electron chi connectivity index (χ3n) is 4.10. The normalized spacial score (nSPS) is 11.3. The molecule has 0 saturated heterocycles. The number of halogens is 2. The van der Waals surface area contributed by atoms with Crippen molar-refractivity contribution in [3.05, 3.63) is 72.0 Å². The highest BCUT2D eigenvalue weighted by Gasteiger charge is 2.21. The molecule has 3 rings (SSSR count). The van der Waals surface area contributed by atoms with Gasteiger partial charge in [-0.1, -0.05) is 35.5 Å². The van der Waals surface area contributed by atoms with Gasteiger partial charge in [0.15, 0.2) is 5.84 Å². The fourth-order valence-electron chi connectivity index (χ4n) is 2.93. The van der Waals surface area contributed by atoms with Crippen LogP contribution in [0, 0.1) is 5.82 Å². The number of nitrogens with zero attached hydrogens (tertiary/aromatic N) is 1. The molecule has 0 aromatic heterocycles. The van der Waals surface area contributed by atoms with E-state index in [2.05, 4.69) is 9.99 Å². The van der Waals surface area contributed by atoms with Gasteiger partial charge in [0.25, 0.3) is 0 Å². The van der Waals surface area contributed by atoms with Gasteiger partial charge < -0.3 is 15.1 Å². The van der Waals surface area contributed by atoms with Crippen LogP contribution in [-0.2, 0) is 0 Å². The number of phenolic OH excluding ortho intramolecular Hbond substituents is 1. The summed E-state index contributed by atoms with van der Waals surface area (Å²) < 4.78 is 19.9. The van der Waals surface area contributed by atoms with E-state index in [1.165, 1.54) is 31.4 Å². The number of para-hydroxylation sites is 1. The van der Waals surface area contributed by atoms with E-state index in [4.69, 9.17) is 16.5 Å². The van der Waals surface area contributed by atoms with Crippen LogP contribution in [0.4, 0.5) is 4.39 Å². The molecule has 0 amide bonds. The molecule has 0 aliphatic heterocycles. The van der Waals surface area contributed by atoms with E-state index in [0.29, 0.717) is 28.0 Å². The molecule has 0 aliphatic rings. The van der Waals surface area contributed by atoms with E-state index in [1.807, 2.05) is 18.2 Å². The molecule has 7 heteroatoms. The zero-order valence-corrected chi connectivity index (χ0v) is 15.0. The van der Waals surface area contributed by atoms with E-state index in [0.717, 1.165) is 0 Å². The minimum absolute atomic E-state index is 0.0919. The summed E-state index contributed by atoms with van der Waals surface area (Å²) in [5, 5.41) is 22.0. The summed E-state index contributed by atoms with van der Waals surface area (Å²) in [7, 11) is 1.53. The van der Waals surface area contributed by atoms with Crippen LogP contribution in [0.15, 0.2) is 65.8 Å². The number of nitrogens with one attached hydrogen (secondary N) is 1. The van der Waals surface area contributed by atoms with Crippen LogP contribution in [0.3, 0.4) is 0 Å². The number of amidine groups is 1. The maximum atomic E-state index is 14.4. The Morgan fingerprint density at radius 2 is 1.78 bits per heavy atom. The standard InChI is InChI=1S/C20H16ClFN2O3/c1-27-18-5-3-2-4-15(18)19-16(12-6-8-14(25)9-7-12)10-13(22)11-17(19)20(23-21)24-26/h2-11,25-26H,1H3,(H,23,24). The number of aromatic hydroxyl groups is 1. The van der Waals surface area contributed by atoms with Gasteiger partial charge in [-0.3, -0.25) is 4.84 Å².